The molecule has 1 heterocycles. The topological polar surface area (TPSA) is 49.4 Å². The average molecular weight is 316 g/mol. The average Bonchev–Trinajstić information content (AvgIpc) is 3.00. The van der Waals surface area contributed by atoms with Crippen molar-refractivity contribution in [3.63, 3.8) is 0 Å². The van der Waals surface area contributed by atoms with E-state index in [0.29, 0.717) is 24.0 Å². The number of sulfonamides is 1. The standard InChI is InChI=1S/C14H24N2O2S2/c1-14(2,3)10-16(4)20(17,18)13-7-8-19-12(13)9-15-11-5-6-11/h7-8,11,15H,5-6,9-10H2,1-4H3. The van der Waals surface area contributed by atoms with Crippen LogP contribution in [-0.4, -0.2) is 32.4 Å². The second-order valence-corrected chi connectivity index (χ2v) is 9.70. The Morgan fingerprint density at radius 3 is 2.60 bits per heavy atom. The Morgan fingerprint density at radius 2 is 2.05 bits per heavy atom. The molecule has 0 radical (unpaired) electrons. The monoisotopic (exact) mass is 316 g/mol. The van der Waals surface area contributed by atoms with Crippen molar-refractivity contribution in [2.45, 2.75) is 51.1 Å². The highest BCUT2D eigenvalue weighted by atomic mass is 32.2. The molecule has 1 aliphatic rings. The molecule has 114 valence electrons. The van der Waals surface area contributed by atoms with Gasteiger partial charge in [-0.1, -0.05) is 20.8 Å². The van der Waals surface area contributed by atoms with Crippen molar-refractivity contribution in [2.75, 3.05) is 13.6 Å². The summed E-state index contributed by atoms with van der Waals surface area (Å²) in [5.41, 5.74) is -0.0513. The van der Waals surface area contributed by atoms with Gasteiger partial charge in [-0.05, 0) is 29.7 Å². The Bertz CT molecular complexity index is 554. The third-order valence-corrected chi connectivity index (χ3v) is 6.16. The molecule has 0 saturated heterocycles. The Hall–Kier alpha value is -0.430. The van der Waals surface area contributed by atoms with E-state index < -0.39 is 10.0 Å². The molecule has 1 saturated carbocycles. The van der Waals surface area contributed by atoms with Gasteiger partial charge in [0, 0.05) is 31.1 Å². The molecule has 2 rings (SSSR count). The first-order valence-electron chi connectivity index (χ1n) is 6.96. The third-order valence-electron chi connectivity index (χ3n) is 3.22. The third kappa shape index (κ3) is 4.04. The van der Waals surface area contributed by atoms with Crippen molar-refractivity contribution >= 4 is 21.4 Å². The van der Waals surface area contributed by atoms with Crippen molar-refractivity contribution in [1.29, 1.82) is 0 Å². The first-order valence-corrected chi connectivity index (χ1v) is 9.28. The summed E-state index contributed by atoms with van der Waals surface area (Å²) in [5, 5.41) is 5.25. The van der Waals surface area contributed by atoms with Gasteiger partial charge in [0.15, 0.2) is 0 Å². The summed E-state index contributed by atoms with van der Waals surface area (Å²) in [4.78, 5) is 1.38. The number of hydrogen-bond acceptors (Lipinski definition) is 4. The molecule has 4 nitrogen and oxygen atoms in total. The van der Waals surface area contributed by atoms with Gasteiger partial charge in [-0.2, -0.15) is 0 Å². The van der Waals surface area contributed by atoms with Crippen LogP contribution in [0, 0.1) is 5.41 Å². The van der Waals surface area contributed by atoms with E-state index in [1.165, 1.54) is 28.5 Å². The molecule has 0 amide bonds. The maximum Gasteiger partial charge on any atom is 0.243 e. The van der Waals surface area contributed by atoms with Crippen LogP contribution in [0.4, 0.5) is 0 Å². The highest BCUT2D eigenvalue weighted by Crippen LogP contribution is 2.28. The van der Waals surface area contributed by atoms with E-state index in [1.54, 1.807) is 13.1 Å². The summed E-state index contributed by atoms with van der Waals surface area (Å²) in [6, 6.07) is 2.31. The van der Waals surface area contributed by atoms with Crippen LogP contribution in [0.15, 0.2) is 16.3 Å². The van der Waals surface area contributed by atoms with Gasteiger partial charge in [0.25, 0.3) is 0 Å². The molecule has 0 aromatic carbocycles. The highest BCUT2D eigenvalue weighted by molar-refractivity contribution is 7.89. The van der Waals surface area contributed by atoms with Crippen LogP contribution in [0.2, 0.25) is 0 Å². The van der Waals surface area contributed by atoms with E-state index in [2.05, 4.69) is 5.32 Å². The summed E-state index contributed by atoms with van der Waals surface area (Å²) < 4.78 is 26.8. The zero-order valence-corrected chi connectivity index (χ0v) is 14.3. The first-order chi connectivity index (χ1) is 9.20. The molecular formula is C14H24N2O2S2. The molecule has 0 bridgehead atoms. The minimum Gasteiger partial charge on any atom is -0.309 e. The molecule has 6 heteroatoms. The second-order valence-electron chi connectivity index (χ2n) is 6.68. The highest BCUT2D eigenvalue weighted by Gasteiger charge is 2.29. The molecule has 1 N–H and O–H groups in total. The van der Waals surface area contributed by atoms with Crippen molar-refractivity contribution in [1.82, 2.24) is 9.62 Å². The lowest BCUT2D eigenvalue weighted by molar-refractivity contribution is 0.310. The quantitative estimate of drug-likeness (QED) is 0.878. The van der Waals surface area contributed by atoms with Gasteiger partial charge in [-0.3, -0.25) is 0 Å². The minimum atomic E-state index is -3.38. The van der Waals surface area contributed by atoms with Crippen LogP contribution in [0.1, 0.15) is 38.5 Å². The Kier molecular flexibility index (Phi) is 4.59. The van der Waals surface area contributed by atoms with Crippen molar-refractivity contribution < 1.29 is 8.42 Å². The smallest absolute Gasteiger partial charge is 0.243 e. The van der Waals surface area contributed by atoms with Crippen molar-refractivity contribution in [3.05, 3.63) is 16.3 Å². The zero-order valence-electron chi connectivity index (χ0n) is 12.6. The Balaban J connectivity index is 2.13. The van der Waals surface area contributed by atoms with E-state index in [9.17, 15) is 8.42 Å². The van der Waals surface area contributed by atoms with E-state index in [1.807, 2.05) is 26.2 Å². The lowest BCUT2D eigenvalue weighted by atomic mass is 9.97. The minimum absolute atomic E-state index is 0.0513. The molecular weight excluding hydrogens is 292 g/mol. The van der Waals surface area contributed by atoms with Crippen LogP contribution in [0.5, 0.6) is 0 Å². The molecule has 0 aliphatic heterocycles. The van der Waals surface area contributed by atoms with Crippen LogP contribution >= 0.6 is 11.3 Å². The summed E-state index contributed by atoms with van der Waals surface area (Å²) in [6.07, 6.45) is 2.41. The number of rotatable bonds is 6. The van der Waals surface area contributed by atoms with E-state index in [0.717, 1.165) is 4.88 Å². The largest absolute Gasteiger partial charge is 0.309 e. The summed E-state index contributed by atoms with van der Waals surface area (Å²) in [7, 11) is -1.72. The fraction of sp³-hybridized carbons (Fsp3) is 0.714. The summed E-state index contributed by atoms with van der Waals surface area (Å²) >= 11 is 1.51. The van der Waals surface area contributed by atoms with Crippen molar-refractivity contribution in [2.24, 2.45) is 5.41 Å². The number of thiophene rings is 1. The van der Waals surface area contributed by atoms with E-state index in [4.69, 9.17) is 0 Å². The van der Waals surface area contributed by atoms with Crippen LogP contribution < -0.4 is 5.32 Å². The van der Waals surface area contributed by atoms with Crippen LogP contribution in [0.3, 0.4) is 0 Å². The van der Waals surface area contributed by atoms with Gasteiger partial charge in [0.05, 0.1) is 4.90 Å². The fourth-order valence-electron chi connectivity index (χ4n) is 2.13. The lowest BCUT2D eigenvalue weighted by Gasteiger charge is -2.26. The van der Waals surface area contributed by atoms with Gasteiger partial charge < -0.3 is 5.32 Å². The van der Waals surface area contributed by atoms with E-state index in [-0.39, 0.29) is 5.41 Å². The van der Waals surface area contributed by atoms with Crippen LogP contribution in [0.25, 0.3) is 0 Å². The maximum atomic E-state index is 12.7. The summed E-state index contributed by atoms with van der Waals surface area (Å²) in [6.45, 7) is 7.30. The van der Waals surface area contributed by atoms with Gasteiger partial charge in [-0.25, -0.2) is 12.7 Å². The molecule has 20 heavy (non-hydrogen) atoms. The fourth-order valence-corrected chi connectivity index (χ4v) is 4.89. The molecule has 1 fully saturated rings. The van der Waals surface area contributed by atoms with Crippen LogP contribution in [-0.2, 0) is 16.6 Å². The first kappa shape index (κ1) is 15.9. The van der Waals surface area contributed by atoms with Gasteiger partial charge in [-0.15, -0.1) is 11.3 Å². The molecule has 0 spiro atoms. The molecule has 0 unspecified atom stereocenters. The molecule has 1 aliphatic carbocycles. The van der Waals surface area contributed by atoms with Gasteiger partial charge in [0.1, 0.15) is 0 Å². The predicted octanol–water partition coefficient (Wildman–Crippen LogP) is 2.67. The Morgan fingerprint density at radius 1 is 1.40 bits per heavy atom. The molecule has 1 aromatic rings. The number of hydrogen-bond donors (Lipinski definition) is 1. The second kappa shape index (κ2) is 5.75. The summed E-state index contributed by atoms with van der Waals surface area (Å²) in [5.74, 6) is 0. The predicted molar refractivity (Wildman–Crippen MR) is 83.5 cm³/mol. The molecule has 0 atom stereocenters. The van der Waals surface area contributed by atoms with Gasteiger partial charge >= 0.3 is 0 Å². The number of nitrogens with zero attached hydrogens (tertiary/aromatic N) is 1. The SMILES string of the molecule is CN(CC(C)(C)C)S(=O)(=O)c1ccsc1CNC1CC1. The van der Waals surface area contributed by atoms with E-state index >= 15 is 0 Å². The normalized spacial score (nSPS) is 16.9. The molecule has 1 aromatic heterocycles. The number of nitrogens with one attached hydrogen (secondary N) is 1. The lowest BCUT2D eigenvalue weighted by Crippen LogP contribution is -2.35. The Labute approximate surface area is 126 Å². The zero-order chi connectivity index (χ0) is 15.0. The maximum absolute atomic E-state index is 12.7. The van der Waals surface area contributed by atoms with Crippen molar-refractivity contribution in [3.8, 4) is 0 Å². The van der Waals surface area contributed by atoms with Gasteiger partial charge in [0.2, 0.25) is 10.0 Å².